The predicted molar refractivity (Wildman–Crippen MR) is 83.6 cm³/mol. The molecule has 0 radical (unpaired) electrons. The van der Waals surface area contributed by atoms with Gasteiger partial charge in [0.25, 0.3) is 5.91 Å². The van der Waals surface area contributed by atoms with Gasteiger partial charge in [-0.3, -0.25) is 10.1 Å². The quantitative estimate of drug-likeness (QED) is 0.732. The summed E-state index contributed by atoms with van der Waals surface area (Å²) in [5, 5.41) is 14.6. The number of furan rings is 1. The zero-order valence-corrected chi connectivity index (χ0v) is 12.9. The van der Waals surface area contributed by atoms with Crippen molar-refractivity contribution in [2.24, 2.45) is 0 Å². The number of carbonyl (C=O) groups excluding carboxylic acids is 1. The summed E-state index contributed by atoms with van der Waals surface area (Å²) in [5.74, 6) is 0.129. The zero-order valence-electron chi connectivity index (χ0n) is 10.5. The van der Waals surface area contributed by atoms with Gasteiger partial charge in [0.2, 0.25) is 0 Å². The van der Waals surface area contributed by atoms with Crippen LogP contribution in [0, 0.1) is 0 Å². The molecule has 5 nitrogen and oxygen atoms in total. The number of halogens is 1. The Bertz CT molecular complexity index is 783. The number of amides is 1. The molecule has 2 N–H and O–H groups in total. The van der Waals surface area contributed by atoms with Crippen LogP contribution in [-0.4, -0.2) is 16.0 Å². The van der Waals surface area contributed by atoms with Crippen LogP contribution in [0.5, 0.6) is 5.75 Å². The zero-order chi connectivity index (χ0) is 14.8. The Balaban J connectivity index is 1.80. The highest BCUT2D eigenvalue weighted by Crippen LogP contribution is 2.27. The number of nitrogens with one attached hydrogen (secondary N) is 1. The molecule has 0 saturated heterocycles. The van der Waals surface area contributed by atoms with Crippen LogP contribution in [0.15, 0.2) is 50.9 Å². The molecular formula is C14H9BrN2O3S. The summed E-state index contributed by atoms with van der Waals surface area (Å²) >= 11 is 4.55. The van der Waals surface area contributed by atoms with Gasteiger partial charge in [-0.25, -0.2) is 4.98 Å². The fourth-order valence-corrected chi connectivity index (χ4v) is 2.78. The van der Waals surface area contributed by atoms with Crippen molar-refractivity contribution in [3.8, 4) is 17.2 Å². The fraction of sp³-hybridized carbons (Fsp3) is 0. The molecule has 0 aliphatic heterocycles. The van der Waals surface area contributed by atoms with E-state index in [1.54, 1.807) is 35.9 Å². The lowest BCUT2D eigenvalue weighted by Gasteiger charge is -2.04. The van der Waals surface area contributed by atoms with Gasteiger partial charge in [-0.1, -0.05) is 15.9 Å². The van der Waals surface area contributed by atoms with Gasteiger partial charge in [0.05, 0.1) is 11.8 Å². The molecule has 21 heavy (non-hydrogen) atoms. The lowest BCUT2D eigenvalue weighted by molar-refractivity contribution is 0.102. The molecule has 0 atom stereocenters. The third-order valence-electron chi connectivity index (χ3n) is 2.70. The summed E-state index contributed by atoms with van der Waals surface area (Å²) in [5.41, 5.74) is 0.831. The largest absolute Gasteiger partial charge is 0.507 e. The Hall–Kier alpha value is -2.12. The average Bonchev–Trinajstić information content (AvgIpc) is 3.11. The summed E-state index contributed by atoms with van der Waals surface area (Å²) in [6.45, 7) is 0. The van der Waals surface area contributed by atoms with E-state index in [1.807, 2.05) is 0 Å². The van der Waals surface area contributed by atoms with Gasteiger partial charge in [0, 0.05) is 9.85 Å². The van der Waals surface area contributed by atoms with Crippen LogP contribution in [-0.2, 0) is 0 Å². The summed E-state index contributed by atoms with van der Waals surface area (Å²) < 4.78 is 5.95. The SMILES string of the molecule is O=C(Nc1nc(-c2ccco2)cs1)c1cc(Br)ccc1O. The molecule has 2 aromatic heterocycles. The van der Waals surface area contributed by atoms with Gasteiger partial charge in [-0.2, -0.15) is 0 Å². The Morgan fingerprint density at radius 3 is 3.00 bits per heavy atom. The molecule has 1 aromatic carbocycles. The molecule has 1 amide bonds. The van der Waals surface area contributed by atoms with E-state index in [1.165, 1.54) is 17.4 Å². The van der Waals surface area contributed by atoms with Gasteiger partial charge < -0.3 is 9.52 Å². The summed E-state index contributed by atoms with van der Waals surface area (Å²) in [4.78, 5) is 16.4. The van der Waals surface area contributed by atoms with E-state index in [0.717, 1.165) is 0 Å². The summed E-state index contributed by atoms with van der Waals surface area (Å²) in [6.07, 6.45) is 1.56. The smallest absolute Gasteiger partial charge is 0.261 e. The van der Waals surface area contributed by atoms with Gasteiger partial charge in [0.1, 0.15) is 11.4 Å². The molecule has 0 aliphatic carbocycles. The molecule has 0 aliphatic rings. The predicted octanol–water partition coefficient (Wildman–Crippen LogP) is 4.12. The molecule has 0 saturated carbocycles. The minimum atomic E-state index is -0.422. The summed E-state index contributed by atoms with van der Waals surface area (Å²) in [6, 6.07) is 8.22. The number of rotatable bonds is 3. The topological polar surface area (TPSA) is 75.4 Å². The maximum atomic E-state index is 12.1. The van der Waals surface area contributed by atoms with Crippen LogP contribution in [0.25, 0.3) is 11.5 Å². The molecule has 3 aromatic rings. The van der Waals surface area contributed by atoms with Gasteiger partial charge in [0.15, 0.2) is 10.9 Å². The van der Waals surface area contributed by atoms with E-state index < -0.39 is 5.91 Å². The number of aromatic hydroxyl groups is 1. The number of benzene rings is 1. The van der Waals surface area contributed by atoms with Gasteiger partial charge >= 0.3 is 0 Å². The number of phenolic OH excluding ortho intramolecular Hbond substituents is 1. The van der Waals surface area contributed by atoms with Crippen LogP contribution >= 0.6 is 27.3 Å². The first kappa shape index (κ1) is 13.8. The number of anilines is 1. The van der Waals surface area contributed by atoms with Crippen molar-refractivity contribution >= 4 is 38.3 Å². The van der Waals surface area contributed by atoms with E-state index in [9.17, 15) is 9.90 Å². The first-order valence-electron chi connectivity index (χ1n) is 5.93. The number of hydrogen-bond acceptors (Lipinski definition) is 5. The molecule has 3 rings (SSSR count). The molecule has 0 fully saturated rings. The minimum Gasteiger partial charge on any atom is -0.507 e. The van der Waals surface area contributed by atoms with Gasteiger partial charge in [-0.05, 0) is 30.3 Å². The van der Waals surface area contributed by atoms with E-state index in [-0.39, 0.29) is 11.3 Å². The van der Waals surface area contributed by atoms with Crippen LogP contribution in [0.3, 0.4) is 0 Å². The van der Waals surface area contributed by atoms with E-state index in [0.29, 0.717) is 21.1 Å². The standard InChI is InChI=1S/C14H9BrN2O3S/c15-8-3-4-11(18)9(6-8)13(19)17-14-16-10(7-21-14)12-2-1-5-20-12/h1-7,18H,(H,16,17,19). The van der Waals surface area contributed by atoms with Crippen molar-refractivity contribution in [3.05, 3.63) is 52.0 Å². The third-order valence-corrected chi connectivity index (χ3v) is 3.95. The minimum absolute atomic E-state index is 0.0847. The number of phenols is 1. The lowest BCUT2D eigenvalue weighted by Crippen LogP contribution is -2.11. The number of carbonyl (C=O) groups is 1. The molecule has 0 spiro atoms. The van der Waals surface area contributed by atoms with Crippen LogP contribution in [0.1, 0.15) is 10.4 Å². The maximum absolute atomic E-state index is 12.1. The highest BCUT2D eigenvalue weighted by molar-refractivity contribution is 9.10. The second kappa shape index (κ2) is 5.71. The Morgan fingerprint density at radius 1 is 1.38 bits per heavy atom. The maximum Gasteiger partial charge on any atom is 0.261 e. The van der Waals surface area contributed by atoms with Gasteiger partial charge in [-0.15, -0.1) is 11.3 Å². The second-order valence-electron chi connectivity index (χ2n) is 4.13. The third kappa shape index (κ3) is 2.98. The lowest BCUT2D eigenvalue weighted by atomic mass is 10.2. The number of thiazole rings is 1. The second-order valence-corrected chi connectivity index (χ2v) is 5.90. The first-order valence-corrected chi connectivity index (χ1v) is 7.60. The monoisotopic (exact) mass is 364 g/mol. The molecule has 7 heteroatoms. The first-order chi connectivity index (χ1) is 10.1. The molecule has 0 unspecified atom stereocenters. The van der Waals surface area contributed by atoms with Crippen molar-refractivity contribution < 1.29 is 14.3 Å². The highest BCUT2D eigenvalue weighted by atomic mass is 79.9. The average molecular weight is 365 g/mol. The van der Waals surface area contributed by atoms with Crippen molar-refractivity contribution in [2.45, 2.75) is 0 Å². The van der Waals surface area contributed by atoms with Crippen molar-refractivity contribution in [1.82, 2.24) is 4.98 Å². The number of hydrogen-bond donors (Lipinski definition) is 2. The number of aromatic nitrogens is 1. The number of nitrogens with zero attached hydrogens (tertiary/aromatic N) is 1. The molecule has 2 heterocycles. The molecule has 0 bridgehead atoms. The van der Waals surface area contributed by atoms with Crippen molar-refractivity contribution in [2.75, 3.05) is 5.32 Å². The Kier molecular flexibility index (Phi) is 3.76. The van der Waals surface area contributed by atoms with Crippen molar-refractivity contribution in [1.29, 1.82) is 0 Å². The van der Waals surface area contributed by atoms with Crippen molar-refractivity contribution in [3.63, 3.8) is 0 Å². The normalized spacial score (nSPS) is 10.5. The van der Waals surface area contributed by atoms with E-state index in [4.69, 9.17) is 4.42 Å². The Morgan fingerprint density at radius 2 is 2.24 bits per heavy atom. The van der Waals surface area contributed by atoms with E-state index >= 15 is 0 Å². The van der Waals surface area contributed by atoms with Crippen LogP contribution in [0.4, 0.5) is 5.13 Å². The van der Waals surface area contributed by atoms with Crippen LogP contribution in [0.2, 0.25) is 0 Å². The molecular weight excluding hydrogens is 356 g/mol. The fourth-order valence-electron chi connectivity index (χ4n) is 1.72. The summed E-state index contributed by atoms with van der Waals surface area (Å²) in [7, 11) is 0. The Labute approximate surface area is 132 Å². The van der Waals surface area contributed by atoms with E-state index in [2.05, 4.69) is 26.2 Å². The molecule has 106 valence electrons. The highest BCUT2D eigenvalue weighted by Gasteiger charge is 2.14. The van der Waals surface area contributed by atoms with Crippen LogP contribution < -0.4 is 5.32 Å².